The first-order chi connectivity index (χ1) is 12.8. The molecular weight excluding hydrogens is 355 g/mol. The number of pyridine rings is 1. The molecule has 27 heavy (non-hydrogen) atoms. The Bertz CT molecular complexity index is 923. The quantitative estimate of drug-likeness (QED) is 0.697. The third-order valence-electron chi connectivity index (χ3n) is 3.80. The van der Waals surface area contributed by atoms with Crippen LogP contribution in [0.1, 0.15) is 17.0 Å². The Morgan fingerprint density at radius 1 is 1.00 bits per heavy atom. The number of anilines is 2. The Labute approximate surface area is 154 Å². The van der Waals surface area contributed by atoms with Gasteiger partial charge in [-0.1, -0.05) is 12.1 Å². The zero-order valence-corrected chi connectivity index (χ0v) is 14.8. The highest BCUT2D eigenvalue weighted by molar-refractivity contribution is 5.70. The Balaban J connectivity index is 1.87. The minimum absolute atomic E-state index is 0.108. The van der Waals surface area contributed by atoms with E-state index in [-0.39, 0.29) is 5.95 Å². The topological polar surface area (TPSA) is 62.7 Å². The van der Waals surface area contributed by atoms with Gasteiger partial charge >= 0.3 is 6.18 Å². The standard InChI is InChI=1S/C19H18F3N5/c1-12-7-14(13-3-4-15(11-23-2)25-10-13)9-16(8-12)26-18-24-6-5-17(27-18)19(20,21)22/h3-10,23H,11H2,1-2H3,(H,24,26,27). The molecule has 3 rings (SSSR count). The van der Waals surface area contributed by atoms with Crippen LogP contribution in [0.4, 0.5) is 24.8 Å². The summed E-state index contributed by atoms with van der Waals surface area (Å²) in [6.45, 7) is 2.58. The molecule has 0 saturated heterocycles. The van der Waals surface area contributed by atoms with Crippen LogP contribution in [-0.2, 0) is 12.7 Å². The molecule has 8 heteroatoms. The van der Waals surface area contributed by atoms with E-state index in [1.807, 2.05) is 44.3 Å². The van der Waals surface area contributed by atoms with E-state index in [1.165, 1.54) is 0 Å². The van der Waals surface area contributed by atoms with Gasteiger partial charge in [0.25, 0.3) is 0 Å². The van der Waals surface area contributed by atoms with Crippen LogP contribution in [0.3, 0.4) is 0 Å². The highest BCUT2D eigenvalue weighted by atomic mass is 19.4. The number of alkyl halides is 3. The number of hydrogen-bond donors (Lipinski definition) is 2. The number of aryl methyl sites for hydroxylation is 1. The lowest BCUT2D eigenvalue weighted by Crippen LogP contribution is -2.10. The number of hydrogen-bond acceptors (Lipinski definition) is 5. The van der Waals surface area contributed by atoms with Gasteiger partial charge in [-0.3, -0.25) is 4.98 Å². The molecule has 0 spiro atoms. The molecule has 0 fully saturated rings. The Morgan fingerprint density at radius 2 is 1.81 bits per heavy atom. The average Bonchev–Trinajstić information content (AvgIpc) is 2.62. The monoisotopic (exact) mass is 373 g/mol. The molecule has 0 atom stereocenters. The number of halogens is 3. The van der Waals surface area contributed by atoms with Gasteiger partial charge in [-0.15, -0.1) is 0 Å². The molecule has 0 aliphatic carbocycles. The van der Waals surface area contributed by atoms with Crippen molar-refractivity contribution in [3.05, 3.63) is 65.7 Å². The summed E-state index contributed by atoms with van der Waals surface area (Å²) in [7, 11) is 1.85. The van der Waals surface area contributed by atoms with Crippen molar-refractivity contribution >= 4 is 11.6 Å². The predicted molar refractivity (Wildman–Crippen MR) is 97.5 cm³/mol. The van der Waals surface area contributed by atoms with Gasteiger partial charge in [0.1, 0.15) is 5.69 Å². The molecule has 3 aromatic rings. The van der Waals surface area contributed by atoms with Crippen LogP contribution in [0.25, 0.3) is 11.1 Å². The second-order valence-electron chi connectivity index (χ2n) is 6.04. The highest BCUT2D eigenvalue weighted by Crippen LogP contribution is 2.29. The summed E-state index contributed by atoms with van der Waals surface area (Å²) in [5.74, 6) is -0.108. The van der Waals surface area contributed by atoms with E-state index in [4.69, 9.17) is 0 Å². The van der Waals surface area contributed by atoms with Crippen molar-refractivity contribution < 1.29 is 13.2 Å². The minimum Gasteiger partial charge on any atom is -0.324 e. The Hall–Kier alpha value is -3.00. The second-order valence-corrected chi connectivity index (χ2v) is 6.04. The summed E-state index contributed by atoms with van der Waals surface area (Å²) < 4.78 is 38.4. The van der Waals surface area contributed by atoms with Gasteiger partial charge < -0.3 is 10.6 Å². The smallest absolute Gasteiger partial charge is 0.324 e. The molecule has 0 aliphatic heterocycles. The molecule has 1 aromatic carbocycles. The van der Waals surface area contributed by atoms with Crippen LogP contribution >= 0.6 is 0 Å². The van der Waals surface area contributed by atoms with E-state index < -0.39 is 11.9 Å². The third-order valence-corrected chi connectivity index (χ3v) is 3.80. The molecule has 0 bridgehead atoms. The van der Waals surface area contributed by atoms with E-state index in [1.54, 1.807) is 6.20 Å². The molecule has 2 heterocycles. The van der Waals surface area contributed by atoms with Crippen LogP contribution in [0.15, 0.2) is 48.8 Å². The van der Waals surface area contributed by atoms with Crippen molar-refractivity contribution in [1.82, 2.24) is 20.3 Å². The fourth-order valence-electron chi connectivity index (χ4n) is 2.61. The van der Waals surface area contributed by atoms with Gasteiger partial charge in [0, 0.05) is 30.2 Å². The third kappa shape index (κ3) is 4.79. The normalized spacial score (nSPS) is 11.4. The number of aromatic nitrogens is 3. The van der Waals surface area contributed by atoms with Gasteiger partial charge in [-0.25, -0.2) is 9.97 Å². The molecule has 140 valence electrons. The van der Waals surface area contributed by atoms with E-state index in [9.17, 15) is 13.2 Å². The summed E-state index contributed by atoms with van der Waals surface area (Å²) in [4.78, 5) is 11.8. The number of nitrogens with one attached hydrogen (secondary N) is 2. The maximum Gasteiger partial charge on any atom is 0.433 e. The van der Waals surface area contributed by atoms with Crippen LogP contribution < -0.4 is 10.6 Å². The fraction of sp³-hybridized carbons (Fsp3) is 0.211. The largest absolute Gasteiger partial charge is 0.433 e. The van der Waals surface area contributed by atoms with Crippen LogP contribution in [0, 0.1) is 6.92 Å². The summed E-state index contributed by atoms with van der Waals surface area (Å²) in [6, 6.07) is 10.3. The fourth-order valence-corrected chi connectivity index (χ4v) is 2.61. The molecule has 2 N–H and O–H groups in total. The van der Waals surface area contributed by atoms with E-state index in [0.29, 0.717) is 12.2 Å². The van der Waals surface area contributed by atoms with Gasteiger partial charge in [0.05, 0.1) is 5.69 Å². The second kappa shape index (κ2) is 7.71. The molecule has 2 aromatic heterocycles. The summed E-state index contributed by atoms with van der Waals surface area (Å²) in [5, 5.41) is 5.88. The minimum atomic E-state index is -4.52. The zero-order chi connectivity index (χ0) is 19.4. The summed E-state index contributed by atoms with van der Waals surface area (Å²) >= 11 is 0. The lowest BCUT2D eigenvalue weighted by Gasteiger charge is -2.11. The number of rotatable bonds is 5. The van der Waals surface area contributed by atoms with Crippen molar-refractivity contribution in [2.24, 2.45) is 0 Å². The lowest BCUT2D eigenvalue weighted by molar-refractivity contribution is -0.141. The van der Waals surface area contributed by atoms with E-state index >= 15 is 0 Å². The maximum atomic E-state index is 12.8. The lowest BCUT2D eigenvalue weighted by atomic mass is 10.0. The van der Waals surface area contributed by atoms with Gasteiger partial charge in [-0.05, 0) is 49.4 Å². The first kappa shape index (κ1) is 18.8. The van der Waals surface area contributed by atoms with Crippen LogP contribution in [0.5, 0.6) is 0 Å². The van der Waals surface area contributed by atoms with Gasteiger partial charge in [0.2, 0.25) is 5.95 Å². The molecule has 0 unspecified atom stereocenters. The van der Waals surface area contributed by atoms with E-state index in [2.05, 4.69) is 25.6 Å². The summed E-state index contributed by atoms with van der Waals surface area (Å²) in [5.41, 5.74) is 3.28. The van der Waals surface area contributed by atoms with Crippen LogP contribution in [0.2, 0.25) is 0 Å². The molecule has 5 nitrogen and oxygen atoms in total. The number of benzene rings is 1. The van der Waals surface area contributed by atoms with Crippen LogP contribution in [-0.4, -0.2) is 22.0 Å². The van der Waals surface area contributed by atoms with E-state index in [0.717, 1.165) is 34.6 Å². The first-order valence-corrected chi connectivity index (χ1v) is 8.24. The van der Waals surface area contributed by atoms with Crippen molar-refractivity contribution in [1.29, 1.82) is 0 Å². The Kier molecular flexibility index (Phi) is 5.36. The maximum absolute atomic E-state index is 12.8. The molecule has 0 radical (unpaired) electrons. The molecule has 0 saturated carbocycles. The molecule has 0 aliphatic rings. The molecular formula is C19H18F3N5. The van der Waals surface area contributed by atoms with Crippen molar-refractivity contribution in [3.8, 4) is 11.1 Å². The average molecular weight is 373 g/mol. The van der Waals surface area contributed by atoms with Crippen molar-refractivity contribution in [2.45, 2.75) is 19.6 Å². The molecule has 0 amide bonds. The zero-order valence-electron chi connectivity index (χ0n) is 14.8. The van der Waals surface area contributed by atoms with Crippen molar-refractivity contribution in [2.75, 3.05) is 12.4 Å². The number of nitrogens with zero attached hydrogens (tertiary/aromatic N) is 3. The highest BCUT2D eigenvalue weighted by Gasteiger charge is 2.32. The van der Waals surface area contributed by atoms with Gasteiger partial charge in [-0.2, -0.15) is 13.2 Å². The Morgan fingerprint density at radius 3 is 2.48 bits per heavy atom. The predicted octanol–water partition coefficient (Wildman–Crippen LogP) is 4.33. The summed E-state index contributed by atoms with van der Waals surface area (Å²) in [6.07, 6.45) is -1.66. The SMILES string of the molecule is CNCc1ccc(-c2cc(C)cc(Nc3nccc(C(F)(F)F)n3)c2)cn1. The van der Waals surface area contributed by atoms with Crippen molar-refractivity contribution in [3.63, 3.8) is 0 Å². The first-order valence-electron chi connectivity index (χ1n) is 8.24. The van der Waals surface area contributed by atoms with Gasteiger partial charge in [0.15, 0.2) is 0 Å².